The molecule has 5 nitrogen and oxygen atoms in total. The first kappa shape index (κ1) is 17.5. The summed E-state index contributed by atoms with van der Waals surface area (Å²) in [6.07, 6.45) is 3.72. The van der Waals surface area contributed by atoms with Gasteiger partial charge in [0.25, 0.3) is 0 Å². The molecule has 0 unspecified atom stereocenters. The number of pyridine rings is 1. The fraction of sp³-hybridized carbons (Fsp3) is 0.100. The van der Waals surface area contributed by atoms with Crippen molar-refractivity contribution in [2.24, 2.45) is 0 Å². The van der Waals surface area contributed by atoms with Gasteiger partial charge in [0.2, 0.25) is 5.91 Å². The summed E-state index contributed by atoms with van der Waals surface area (Å²) < 4.78 is 0. The monoisotopic (exact) mass is 392 g/mol. The van der Waals surface area contributed by atoms with Crippen LogP contribution >= 0.6 is 22.7 Å². The number of amides is 1. The molecule has 1 aromatic carbocycles. The van der Waals surface area contributed by atoms with Gasteiger partial charge in [-0.1, -0.05) is 18.2 Å². The smallest absolute Gasteiger partial charge is 0.239 e. The van der Waals surface area contributed by atoms with Crippen LogP contribution in [0.15, 0.2) is 65.6 Å². The van der Waals surface area contributed by atoms with Gasteiger partial charge in [-0.15, -0.1) is 22.7 Å². The zero-order valence-corrected chi connectivity index (χ0v) is 16.2. The predicted molar refractivity (Wildman–Crippen MR) is 109 cm³/mol. The molecule has 27 heavy (non-hydrogen) atoms. The minimum Gasteiger partial charge on any atom is -0.274 e. The molecule has 0 atom stereocenters. The first-order chi connectivity index (χ1) is 13.2. The van der Waals surface area contributed by atoms with Crippen molar-refractivity contribution in [1.82, 2.24) is 15.0 Å². The summed E-state index contributed by atoms with van der Waals surface area (Å²) in [7, 11) is 0. The van der Waals surface area contributed by atoms with E-state index in [1.54, 1.807) is 17.3 Å². The van der Waals surface area contributed by atoms with Gasteiger partial charge in [0, 0.05) is 28.7 Å². The van der Waals surface area contributed by atoms with Crippen molar-refractivity contribution in [2.45, 2.75) is 13.3 Å². The van der Waals surface area contributed by atoms with E-state index in [0.29, 0.717) is 5.13 Å². The molecule has 0 radical (unpaired) electrons. The second kappa shape index (κ2) is 7.77. The molecule has 0 bridgehead atoms. The summed E-state index contributed by atoms with van der Waals surface area (Å²) in [4.78, 5) is 28.0. The highest BCUT2D eigenvalue weighted by Crippen LogP contribution is 2.30. The van der Waals surface area contributed by atoms with Crippen molar-refractivity contribution in [3.05, 3.63) is 77.0 Å². The molecule has 134 valence electrons. The van der Waals surface area contributed by atoms with Crippen molar-refractivity contribution in [3.63, 3.8) is 0 Å². The molecule has 0 fully saturated rings. The summed E-state index contributed by atoms with van der Waals surface area (Å²) in [5.74, 6) is -0.0569. The third kappa shape index (κ3) is 3.94. The van der Waals surface area contributed by atoms with E-state index in [9.17, 15) is 4.79 Å². The van der Waals surface area contributed by atoms with Gasteiger partial charge in [0.05, 0.1) is 23.5 Å². The lowest BCUT2D eigenvalue weighted by atomic mass is 10.2. The van der Waals surface area contributed by atoms with Crippen LogP contribution in [0.5, 0.6) is 0 Å². The predicted octanol–water partition coefficient (Wildman–Crippen LogP) is 4.88. The number of benzene rings is 1. The largest absolute Gasteiger partial charge is 0.274 e. The number of carbonyl (C=O) groups is 1. The second-order valence-corrected chi connectivity index (χ2v) is 7.59. The summed E-state index contributed by atoms with van der Waals surface area (Å²) in [5, 5.41) is 5.41. The quantitative estimate of drug-likeness (QED) is 0.486. The van der Waals surface area contributed by atoms with Gasteiger partial charge in [0.15, 0.2) is 5.13 Å². The average molecular weight is 393 g/mol. The van der Waals surface area contributed by atoms with Crippen LogP contribution in [0.4, 0.5) is 10.8 Å². The van der Waals surface area contributed by atoms with Gasteiger partial charge in [-0.25, -0.2) is 9.97 Å². The minimum atomic E-state index is -0.0569. The Bertz CT molecular complexity index is 1040. The number of para-hydroxylation sites is 1. The number of aryl methyl sites for hydroxylation is 1. The third-order valence-electron chi connectivity index (χ3n) is 3.85. The van der Waals surface area contributed by atoms with Gasteiger partial charge in [0.1, 0.15) is 5.01 Å². The minimum absolute atomic E-state index is 0.0569. The number of carbonyl (C=O) groups excluding carboxylic acids is 1. The molecule has 0 aliphatic carbocycles. The van der Waals surface area contributed by atoms with Crippen LogP contribution < -0.4 is 4.90 Å². The Morgan fingerprint density at radius 2 is 1.89 bits per heavy atom. The maximum Gasteiger partial charge on any atom is 0.239 e. The number of hydrogen-bond donors (Lipinski definition) is 0. The summed E-state index contributed by atoms with van der Waals surface area (Å²) in [6.45, 7) is 1.92. The van der Waals surface area contributed by atoms with Gasteiger partial charge >= 0.3 is 0 Å². The van der Waals surface area contributed by atoms with Crippen molar-refractivity contribution < 1.29 is 4.79 Å². The topological polar surface area (TPSA) is 59.0 Å². The van der Waals surface area contributed by atoms with E-state index in [1.807, 2.05) is 60.1 Å². The van der Waals surface area contributed by atoms with E-state index in [0.717, 1.165) is 27.6 Å². The van der Waals surface area contributed by atoms with E-state index in [-0.39, 0.29) is 12.3 Å². The molecule has 0 saturated carbocycles. The van der Waals surface area contributed by atoms with Gasteiger partial charge < -0.3 is 0 Å². The number of nitrogens with zero attached hydrogens (tertiary/aromatic N) is 4. The number of aromatic nitrogens is 3. The van der Waals surface area contributed by atoms with Crippen LogP contribution in [0, 0.1) is 6.92 Å². The highest BCUT2D eigenvalue weighted by molar-refractivity contribution is 7.14. The number of hydrogen-bond acceptors (Lipinski definition) is 6. The van der Waals surface area contributed by atoms with Gasteiger partial charge in [-0.3, -0.25) is 14.7 Å². The van der Waals surface area contributed by atoms with Crippen LogP contribution in [0.1, 0.15) is 11.4 Å². The molecular weight excluding hydrogens is 376 g/mol. The normalized spacial score (nSPS) is 10.7. The van der Waals surface area contributed by atoms with Crippen molar-refractivity contribution in [3.8, 4) is 10.6 Å². The van der Waals surface area contributed by atoms with E-state index in [2.05, 4.69) is 15.0 Å². The maximum atomic E-state index is 13.1. The first-order valence-electron chi connectivity index (χ1n) is 8.35. The van der Waals surface area contributed by atoms with E-state index >= 15 is 0 Å². The molecule has 3 heterocycles. The Morgan fingerprint density at radius 1 is 1.04 bits per heavy atom. The van der Waals surface area contributed by atoms with Gasteiger partial charge in [-0.05, 0) is 31.2 Å². The fourth-order valence-corrected chi connectivity index (χ4v) is 4.27. The van der Waals surface area contributed by atoms with E-state index < -0.39 is 0 Å². The lowest BCUT2D eigenvalue weighted by molar-refractivity contribution is -0.117. The Labute approximate surface area is 165 Å². The summed E-state index contributed by atoms with van der Waals surface area (Å²) in [6, 6.07) is 13.4. The molecule has 0 aliphatic heterocycles. The summed E-state index contributed by atoms with van der Waals surface area (Å²) >= 11 is 2.98. The highest BCUT2D eigenvalue weighted by atomic mass is 32.1. The lowest BCUT2D eigenvalue weighted by Gasteiger charge is -2.19. The zero-order chi connectivity index (χ0) is 18.6. The van der Waals surface area contributed by atoms with Crippen molar-refractivity contribution >= 4 is 39.4 Å². The van der Waals surface area contributed by atoms with Gasteiger partial charge in [-0.2, -0.15) is 0 Å². The molecule has 7 heteroatoms. The van der Waals surface area contributed by atoms with E-state index in [4.69, 9.17) is 0 Å². The SMILES string of the molecule is Cc1csc(N(C(=O)Cc2csc(-c3cccnc3)n2)c2ccccc2)n1. The Balaban J connectivity index is 1.60. The molecule has 1 amide bonds. The van der Waals surface area contributed by atoms with Crippen LogP contribution in [0.25, 0.3) is 10.6 Å². The molecule has 0 N–H and O–H groups in total. The van der Waals surface area contributed by atoms with Crippen molar-refractivity contribution in [1.29, 1.82) is 0 Å². The summed E-state index contributed by atoms with van der Waals surface area (Å²) in [5.41, 5.74) is 3.41. The fourth-order valence-electron chi connectivity index (χ4n) is 2.63. The van der Waals surface area contributed by atoms with Crippen LogP contribution in [-0.4, -0.2) is 20.9 Å². The highest BCUT2D eigenvalue weighted by Gasteiger charge is 2.22. The van der Waals surface area contributed by atoms with Crippen LogP contribution in [0.2, 0.25) is 0 Å². The zero-order valence-electron chi connectivity index (χ0n) is 14.6. The molecule has 0 aliphatic rings. The molecule has 4 rings (SSSR count). The Kier molecular flexibility index (Phi) is 5.04. The van der Waals surface area contributed by atoms with Crippen LogP contribution in [-0.2, 0) is 11.2 Å². The molecule has 0 spiro atoms. The third-order valence-corrected chi connectivity index (χ3v) is 5.74. The molecule has 3 aromatic heterocycles. The maximum absolute atomic E-state index is 13.1. The number of thiazole rings is 2. The Morgan fingerprint density at radius 3 is 2.59 bits per heavy atom. The number of anilines is 2. The second-order valence-electron chi connectivity index (χ2n) is 5.90. The number of rotatable bonds is 5. The Hall–Kier alpha value is -2.90. The standard InChI is InChI=1S/C20H16N4OS2/c1-14-12-27-20(22-14)24(17-7-3-2-4-8-17)18(25)10-16-13-26-19(23-16)15-6-5-9-21-11-15/h2-9,11-13H,10H2,1H3. The molecular formula is C20H16N4OS2. The molecule has 4 aromatic rings. The first-order valence-corrected chi connectivity index (χ1v) is 10.1. The van der Waals surface area contributed by atoms with Crippen molar-refractivity contribution in [2.75, 3.05) is 4.90 Å². The average Bonchev–Trinajstić information content (AvgIpc) is 3.33. The molecule has 0 saturated heterocycles. The van der Waals surface area contributed by atoms with Crippen LogP contribution in [0.3, 0.4) is 0 Å². The lowest BCUT2D eigenvalue weighted by Crippen LogP contribution is -2.27. The van der Waals surface area contributed by atoms with E-state index in [1.165, 1.54) is 22.7 Å².